The molecule has 1 atom stereocenters. The van der Waals surface area contributed by atoms with E-state index in [0.717, 1.165) is 38.3 Å². The molecule has 1 aromatic heterocycles. The molecule has 1 saturated heterocycles. The van der Waals surface area contributed by atoms with Gasteiger partial charge >= 0.3 is 5.97 Å². The van der Waals surface area contributed by atoms with Crippen molar-refractivity contribution >= 4 is 11.9 Å². The standard InChI is InChI=1S/C19H30N4O2/c1-4-21-19(22-11-9-16-8-10-20-13-15(16)3)23-12-6-7-17(14-23)18(24)25-5-2/h8,10,13,17H,4-7,9,11-12,14H2,1-3H3,(H,21,22). The first-order chi connectivity index (χ1) is 12.2. The molecule has 0 spiro atoms. The van der Waals surface area contributed by atoms with E-state index in [9.17, 15) is 4.79 Å². The fourth-order valence-corrected chi connectivity index (χ4v) is 3.11. The second-order valence-corrected chi connectivity index (χ2v) is 6.33. The molecule has 1 unspecified atom stereocenters. The molecule has 1 aliphatic heterocycles. The van der Waals surface area contributed by atoms with Gasteiger partial charge in [0.25, 0.3) is 0 Å². The highest BCUT2D eigenvalue weighted by Gasteiger charge is 2.28. The average molecular weight is 346 g/mol. The summed E-state index contributed by atoms with van der Waals surface area (Å²) in [6, 6.07) is 2.05. The van der Waals surface area contributed by atoms with E-state index in [4.69, 9.17) is 9.73 Å². The third-order valence-electron chi connectivity index (χ3n) is 4.45. The molecule has 0 amide bonds. The minimum atomic E-state index is -0.0875. The molecule has 1 fully saturated rings. The monoisotopic (exact) mass is 346 g/mol. The van der Waals surface area contributed by atoms with Gasteiger partial charge in [0, 0.05) is 38.6 Å². The predicted octanol–water partition coefficient (Wildman–Crippen LogP) is 2.17. The largest absolute Gasteiger partial charge is 0.466 e. The minimum Gasteiger partial charge on any atom is -0.466 e. The summed E-state index contributed by atoms with van der Waals surface area (Å²) < 4.78 is 5.19. The van der Waals surface area contributed by atoms with Gasteiger partial charge in [0.15, 0.2) is 5.96 Å². The third kappa shape index (κ3) is 5.73. The van der Waals surface area contributed by atoms with Crippen LogP contribution in [0.4, 0.5) is 0 Å². The number of carbonyl (C=O) groups is 1. The molecule has 6 heteroatoms. The Bertz CT molecular complexity index is 589. The first kappa shape index (κ1) is 19.2. The van der Waals surface area contributed by atoms with Crippen LogP contribution in [0.25, 0.3) is 0 Å². The Labute approximate surface area is 150 Å². The van der Waals surface area contributed by atoms with E-state index in [1.165, 1.54) is 11.1 Å². The minimum absolute atomic E-state index is 0.0556. The Morgan fingerprint density at radius 3 is 3.04 bits per heavy atom. The van der Waals surface area contributed by atoms with Gasteiger partial charge in [-0.05, 0) is 57.2 Å². The summed E-state index contributed by atoms with van der Waals surface area (Å²) in [6.07, 6.45) is 6.48. The van der Waals surface area contributed by atoms with Gasteiger partial charge in [-0.15, -0.1) is 0 Å². The number of aliphatic imine (C=N–C) groups is 1. The zero-order chi connectivity index (χ0) is 18.1. The lowest BCUT2D eigenvalue weighted by Gasteiger charge is -2.34. The Morgan fingerprint density at radius 1 is 1.48 bits per heavy atom. The summed E-state index contributed by atoms with van der Waals surface area (Å²) in [5.41, 5.74) is 2.47. The summed E-state index contributed by atoms with van der Waals surface area (Å²) in [4.78, 5) is 23.1. The number of likely N-dealkylation sites (tertiary alicyclic amines) is 1. The predicted molar refractivity (Wildman–Crippen MR) is 99.6 cm³/mol. The number of pyridine rings is 1. The SMILES string of the molecule is CCNC(=NCCc1ccncc1C)N1CCCC(C(=O)OCC)C1. The topological polar surface area (TPSA) is 66.8 Å². The van der Waals surface area contributed by atoms with Crippen molar-refractivity contribution in [1.82, 2.24) is 15.2 Å². The van der Waals surface area contributed by atoms with Crippen molar-refractivity contribution in [2.45, 2.75) is 40.0 Å². The Hall–Kier alpha value is -2.11. The second-order valence-electron chi connectivity index (χ2n) is 6.33. The van der Waals surface area contributed by atoms with Gasteiger partial charge in [-0.1, -0.05) is 0 Å². The lowest BCUT2D eigenvalue weighted by molar-refractivity contribution is -0.149. The van der Waals surface area contributed by atoms with E-state index in [2.05, 4.69) is 35.1 Å². The summed E-state index contributed by atoms with van der Waals surface area (Å²) in [7, 11) is 0. The zero-order valence-corrected chi connectivity index (χ0v) is 15.6. The number of carbonyl (C=O) groups excluding carboxylic acids is 1. The number of rotatable bonds is 6. The van der Waals surface area contributed by atoms with Crippen LogP contribution in [0.3, 0.4) is 0 Å². The molecule has 6 nitrogen and oxygen atoms in total. The fraction of sp³-hybridized carbons (Fsp3) is 0.632. The molecule has 1 N–H and O–H groups in total. The van der Waals surface area contributed by atoms with Crippen LogP contribution in [-0.4, -0.2) is 54.6 Å². The van der Waals surface area contributed by atoms with Crippen LogP contribution < -0.4 is 5.32 Å². The molecule has 0 bridgehead atoms. The van der Waals surface area contributed by atoms with Gasteiger partial charge in [0.1, 0.15) is 0 Å². The molecule has 138 valence electrons. The highest BCUT2D eigenvalue weighted by molar-refractivity contribution is 5.81. The maximum atomic E-state index is 12.0. The summed E-state index contributed by atoms with van der Waals surface area (Å²) in [5.74, 6) is 0.749. The molecule has 1 aliphatic rings. The molecule has 2 rings (SSSR count). The number of nitrogens with one attached hydrogen (secondary N) is 1. The number of hydrogen-bond donors (Lipinski definition) is 1. The molecule has 1 aromatic rings. The van der Waals surface area contributed by atoms with Crippen LogP contribution in [0.5, 0.6) is 0 Å². The molecular weight excluding hydrogens is 316 g/mol. The molecular formula is C19H30N4O2. The fourth-order valence-electron chi connectivity index (χ4n) is 3.11. The lowest BCUT2D eigenvalue weighted by atomic mass is 9.98. The third-order valence-corrected chi connectivity index (χ3v) is 4.45. The maximum absolute atomic E-state index is 12.0. The molecule has 25 heavy (non-hydrogen) atoms. The van der Waals surface area contributed by atoms with Gasteiger partial charge < -0.3 is 15.0 Å². The number of piperidine rings is 1. The van der Waals surface area contributed by atoms with Gasteiger partial charge in [0.2, 0.25) is 0 Å². The van der Waals surface area contributed by atoms with Crippen molar-refractivity contribution in [3.05, 3.63) is 29.6 Å². The van der Waals surface area contributed by atoms with Gasteiger partial charge in [0.05, 0.1) is 12.5 Å². The van der Waals surface area contributed by atoms with Gasteiger partial charge in [-0.3, -0.25) is 14.8 Å². The summed E-state index contributed by atoms with van der Waals surface area (Å²) >= 11 is 0. The molecule has 0 radical (unpaired) electrons. The number of esters is 1. The number of guanidine groups is 1. The van der Waals surface area contributed by atoms with Crippen LogP contribution in [0.15, 0.2) is 23.5 Å². The van der Waals surface area contributed by atoms with Crippen LogP contribution in [-0.2, 0) is 16.0 Å². The van der Waals surface area contributed by atoms with E-state index in [1.807, 2.05) is 19.3 Å². The van der Waals surface area contributed by atoms with Crippen LogP contribution in [0.2, 0.25) is 0 Å². The maximum Gasteiger partial charge on any atom is 0.310 e. The Morgan fingerprint density at radius 2 is 2.32 bits per heavy atom. The van der Waals surface area contributed by atoms with Crippen molar-refractivity contribution in [2.24, 2.45) is 10.9 Å². The van der Waals surface area contributed by atoms with E-state index < -0.39 is 0 Å². The first-order valence-electron chi connectivity index (χ1n) is 9.25. The van der Waals surface area contributed by atoms with E-state index in [-0.39, 0.29) is 11.9 Å². The van der Waals surface area contributed by atoms with Gasteiger partial charge in [-0.2, -0.15) is 0 Å². The van der Waals surface area contributed by atoms with Crippen molar-refractivity contribution in [1.29, 1.82) is 0 Å². The van der Waals surface area contributed by atoms with Crippen molar-refractivity contribution in [3.63, 3.8) is 0 Å². The smallest absolute Gasteiger partial charge is 0.310 e. The second kappa shape index (κ2) is 10.0. The molecule has 2 heterocycles. The highest BCUT2D eigenvalue weighted by atomic mass is 16.5. The highest BCUT2D eigenvalue weighted by Crippen LogP contribution is 2.18. The van der Waals surface area contributed by atoms with Gasteiger partial charge in [-0.25, -0.2) is 0 Å². The van der Waals surface area contributed by atoms with Crippen molar-refractivity contribution in [3.8, 4) is 0 Å². The Kier molecular flexibility index (Phi) is 7.70. The summed E-state index contributed by atoms with van der Waals surface area (Å²) in [6.45, 7) is 9.57. The zero-order valence-electron chi connectivity index (χ0n) is 15.6. The molecule has 0 aliphatic carbocycles. The number of ether oxygens (including phenoxy) is 1. The first-order valence-corrected chi connectivity index (χ1v) is 9.25. The van der Waals surface area contributed by atoms with Crippen LogP contribution in [0, 0.1) is 12.8 Å². The van der Waals surface area contributed by atoms with E-state index in [1.54, 1.807) is 0 Å². The van der Waals surface area contributed by atoms with Crippen molar-refractivity contribution < 1.29 is 9.53 Å². The van der Waals surface area contributed by atoms with E-state index in [0.29, 0.717) is 19.7 Å². The molecule has 0 aromatic carbocycles. The Balaban J connectivity index is 1.98. The number of aryl methyl sites for hydroxylation is 1. The number of nitrogens with zero attached hydrogens (tertiary/aromatic N) is 3. The number of hydrogen-bond acceptors (Lipinski definition) is 4. The average Bonchev–Trinajstić information content (AvgIpc) is 2.63. The summed E-state index contributed by atoms with van der Waals surface area (Å²) in [5, 5.41) is 3.36. The number of aromatic nitrogens is 1. The van der Waals surface area contributed by atoms with Crippen LogP contribution in [0.1, 0.15) is 37.8 Å². The van der Waals surface area contributed by atoms with Crippen molar-refractivity contribution in [2.75, 3.05) is 32.8 Å². The normalized spacial score (nSPS) is 18.1. The quantitative estimate of drug-likeness (QED) is 0.486. The van der Waals surface area contributed by atoms with Crippen LogP contribution >= 0.6 is 0 Å². The lowest BCUT2D eigenvalue weighted by Crippen LogP contribution is -2.48. The van der Waals surface area contributed by atoms with E-state index >= 15 is 0 Å². The molecule has 0 saturated carbocycles.